The fourth-order valence-corrected chi connectivity index (χ4v) is 8.45. The second kappa shape index (κ2) is 20.1. The number of hydrogen-bond acceptors (Lipinski definition) is 16. The number of phenolic OH excluding ortho intramolecular Hbond substituents is 12. The van der Waals surface area contributed by atoms with Crippen molar-refractivity contribution in [2.45, 2.75) is 31.5 Å². The highest BCUT2D eigenvalue weighted by Crippen LogP contribution is 2.53. The van der Waals surface area contributed by atoms with Crippen LogP contribution in [0.3, 0.4) is 0 Å². The second-order valence-corrected chi connectivity index (χ2v) is 16.9. The van der Waals surface area contributed by atoms with E-state index >= 15 is 0 Å². The third-order valence-electron chi connectivity index (χ3n) is 12.3. The number of phenols is 12. The minimum Gasteiger partial charge on any atom is -0.504 e. The van der Waals surface area contributed by atoms with Crippen LogP contribution in [0.2, 0.25) is 0 Å². The molecule has 0 unspecified atom stereocenters. The molecule has 0 saturated carbocycles. The predicted octanol–water partition coefficient (Wildman–Crippen LogP) is 8.66. The van der Waals surface area contributed by atoms with E-state index in [1.54, 1.807) is 36.4 Å². The van der Waals surface area contributed by atoms with Crippen LogP contribution in [0.4, 0.5) is 0 Å². The Labute approximate surface area is 413 Å². The van der Waals surface area contributed by atoms with Crippen LogP contribution in [0, 0.1) is 0 Å². The van der Waals surface area contributed by atoms with Gasteiger partial charge in [-0.1, -0.05) is 72.8 Å². The van der Waals surface area contributed by atoms with E-state index in [0.717, 1.165) is 24.3 Å². The first-order valence-corrected chi connectivity index (χ1v) is 21.9. The van der Waals surface area contributed by atoms with Crippen molar-refractivity contribution in [3.8, 4) is 80.5 Å². The van der Waals surface area contributed by atoms with Crippen LogP contribution >= 0.6 is 0 Å². The van der Waals surface area contributed by atoms with Gasteiger partial charge in [0.05, 0.1) is 11.1 Å². The summed E-state index contributed by atoms with van der Waals surface area (Å²) in [6.07, 6.45) is 0.0204. The van der Waals surface area contributed by atoms with Crippen molar-refractivity contribution in [3.05, 3.63) is 200 Å². The molecule has 8 aromatic carbocycles. The monoisotopic (exact) mass is 992 g/mol. The number of benzene rings is 8. The molecule has 14 N–H and O–H groups in total. The largest absolute Gasteiger partial charge is 0.504 e. The summed E-state index contributed by atoms with van der Waals surface area (Å²) in [5, 5.41) is 149. The van der Waals surface area contributed by atoms with Gasteiger partial charge in [0.25, 0.3) is 0 Å². The minimum atomic E-state index is -1.35. The molecule has 8 aromatic rings. The number of carboxylic acids is 2. The first-order valence-electron chi connectivity index (χ1n) is 21.9. The molecule has 8 rings (SSSR count). The van der Waals surface area contributed by atoms with Crippen LogP contribution in [-0.4, -0.2) is 83.4 Å². The fraction of sp³-hybridized carbons (Fsp3) is 0.0909. The Morgan fingerprint density at radius 2 is 0.603 bits per heavy atom. The van der Waals surface area contributed by atoms with E-state index in [1.807, 2.05) is 0 Å². The summed E-state index contributed by atoms with van der Waals surface area (Å²) in [4.78, 5) is 23.1. The molecule has 0 heterocycles. The standard InChI is InChI=1S/C55H44O18/c56-38-15-11-32(46(60)50(38)64)44(33-12-16-39(57)51(65)47(33)61)36-22-28(5-19-42(36)72-24-26-1-7-30(8-2-26)54(68)69)21-29-6-20-43(73-25-27-3-9-31(10-4-27)55(70)71)37(23-29)45(34-13-17-40(58)52(66)48(34)62)35-14-18-41(59)53(67)49(35)63/h1-20,22-23,44-45,56-67H,21,24-25H2,(H,68,69)(H,70,71). The SMILES string of the molecule is O=C(O)c1ccc(COc2ccc(Cc3ccc(OCc4ccc(C(=O)O)cc4)c(C(c4ccc(O)c(O)c4O)c4ccc(O)c(O)c4O)c3)cc2C(c2ccc(O)c(O)c2O)c2ccc(O)c(O)c2O)cc1. The average molecular weight is 993 g/mol. The first-order chi connectivity index (χ1) is 34.8. The van der Waals surface area contributed by atoms with Crippen LogP contribution in [0.15, 0.2) is 133 Å². The molecule has 0 radical (unpaired) electrons. The van der Waals surface area contributed by atoms with Gasteiger partial charge >= 0.3 is 11.9 Å². The van der Waals surface area contributed by atoms with Crippen molar-refractivity contribution < 1.29 is 90.6 Å². The number of aromatic carboxylic acids is 2. The number of rotatable bonds is 16. The Kier molecular flexibility index (Phi) is 13.6. The lowest BCUT2D eigenvalue weighted by Gasteiger charge is -2.26. The highest BCUT2D eigenvalue weighted by molar-refractivity contribution is 5.88. The van der Waals surface area contributed by atoms with Gasteiger partial charge in [0.15, 0.2) is 46.0 Å². The predicted molar refractivity (Wildman–Crippen MR) is 259 cm³/mol. The normalized spacial score (nSPS) is 11.2. The topological polar surface area (TPSA) is 336 Å². The quantitative estimate of drug-likeness (QED) is 0.0318. The van der Waals surface area contributed by atoms with Gasteiger partial charge < -0.3 is 81.0 Å². The van der Waals surface area contributed by atoms with Crippen LogP contribution in [0.5, 0.6) is 80.5 Å². The smallest absolute Gasteiger partial charge is 0.335 e. The van der Waals surface area contributed by atoms with Crippen molar-refractivity contribution in [3.63, 3.8) is 0 Å². The summed E-state index contributed by atoms with van der Waals surface area (Å²) in [5.74, 6) is -14.4. The van der Waals surface area contributed by atoms with Gasteiger partial charge in [-0.25, -0.2) is 9.59 Å². The summed E-state index contributed by atoms with van der Waals surface area (Å²) in [6.45, 7) is -0.290. The highest BCUT2D eigenvalue weighted by Gasteiger charge is 2.32. The molecule has 0 atom stereocenters. The Balaban J connectivity index is 1.31. The van der Waals surface area contributed by atoms with E-state index in [0.29, 0.717) is 22.3 Å². The lowest BCUT2D eigenvalue weighted by Crippen LogP contribution is -2.10. The third-order valence-corrected chi connectivity index (χ3v) is 12.3. The van der Waals surface area contributed by atoms with Gasteiger partial charge in [-0.05, 0) is 89.3 Å². The average Bonchev–Trinajstić information content (AvgIpc) is 3.38. The molecule has 18 heteroatoms. The van der Waals surface area contributed by atoms with Gasteiger partial charge in [-0.2, -0.15) is 0 Å². The van der Waals surface area contributed by atoms with Crippen molar-refractivity contribution >= 4 is 11.9 Å². The maximum atomic E-state index is 11.6. The number of ether oxygens (including phenoxy) is 2. The molecular weight excluding hydrogens is 949 g/mol. The Hall–Kier alpha value is -10.1. The molecule has 0 spiro atoms. The van der Waals surface area contributed by atoms with Gasteiger partial charge in [0.2, 0.25) is 23.0 Å². The molecule has 0 saturated heterocycles. The van der Waals surface area contributed by atoms with Crippen molar-refractivity contribution in [1.29, 1.82) is 0 Å². The Bertz CT molecular complexity index is 3080. The number of carbonyl (C=O) groups is 2. The van der Waals surface area contributed by atoms with Crippen molar-refractivity contribution in [1.82, 2.24) is 0 Å². The highest BCUT2D eigenvalue weighted by atomic mass is 16.5. The zero-order valence-corrected chi connectivity index (χ0v) is 37.9. The maximum Gasteiger partial charge on any atom is 0.335 e. The molecular formula is C55H44O18. The van der Waals surface area contributed by atoms with E-state index in [9.17, 15) is 81.1 Å². The molecule has 0 bridgehead atoms. The van der Waals surface area contributed by atoms with E-state index in [4.69, 9.17) is 9.47 Å². The molecule has 0 aliphatic rings. The van der Waals surface area contributed by atoms with Gasteiger partial charge in [-0.3, -0.25) is 0 Å². The number of carboxylic acid groups (broad SMARTS) is 2. The van der Waals surface area contributed by atoms with E-state index in [2.05, 4.69) is 0 Å². The molecule has 18 nitrogen and oxygen atoms in total. The zero-order chi connectivity index (χ0) is 52.4. The van der Waals surface area contributed by atoms with Gasteiger partial charge in [0, 0.05) is 45.2 Å². The summed E-state index contributed by atoms with van der Waals surface area (Å²) in [6, 6.07) is 30.8. The lowest BCUT2D eigenvalue weighted by atomic mass is 9.81. The first kappa shape index (κ1) is 49.3. The second-order valence-electron chi connectivity index (χ2n) is 16.9. The summed E-state index contributed by atoms with van der Waals surface area (Å²) in [7, 11) is 0. The van der Waals surface area contributed by atoms with Crippen LogP contribution in [-0.2, 0) is 19.6 Å². The molecule has 0 fully saturated rings. The van der Waals surface area contributed by atoms with Crippen LogP contribution in [0.1, 0.15) is 88.2 Å². The summed E-state index contributed by atoms with van der Waals surface area (Å²) >= 11 is 0. The Morgan fingerprint density at radius 3 is 0.877 bits per heavy atom. The van der Waals surface area contributed by atoms with Crippen molar-refractivity contribution in [2.75, 3.05) is 0 Å². The minimum absolute atomic E-state index is 0.0204. The Morgan fingerprint density at radius 1 is 0.329 bits per heavy atom. The van der Waals surface area contributed by atoms with E-state index in [-0.39, 0.29) is 75.6 Å². The van der Waals surface area contributed by atoms with Gasteiger partial charge in [0.1, 0.15) is 24.7 Å². The zero-order valence-electron chi connectivity index (χ0n) is 37.9. The molecule has 0 amide bonds. The van der Waals surface area contributed by atoms with E-state index in [1.165, 1.54) is 72.8 Å². The number of hydrogen-bond donors (Lipinski definition) is 14. The van der Waals surface area contributed by atoms with Crippen molar-refractivity contribution in [2.24, 2.45) is 0 Å². The molecule has 73 heavy (non-hydrogen) atoms. The molecule has 0 aliphatic carbocycles. The molecule has 0 aliphatic heterocycles. The van der Waals surface area contributed by atoms with E-state index < -0.39 is 92.8 Å². The maximum absolute atomic E-state index is 11.6. The molecule has 0 aromatic heterocycles. The summed E-state index contributed by atoms with van der Waals surface area (Å²) in [5.41, 5.74) is 2.03. The summed E-state index contributed by atoms with van der Waals surface area (Å²) < 4.78 is 12.7. The fourth-order valence-electron chi connectivity index (χ4n) is 8.45. The van der Waals surface area contributed by atoms with Crippen LogP contribution < -0.4 is 9.47 Å². The van der Waals surface area contributed by atoms with Crippen LogP contribution in [0.25, 0.3) is 0 Å². The third kappa shape index (κ3) is 9.88. The lowest BCUT2D eigenvalue weighted by molar-refractivity contribution is 0.0686. The molecule has 372 valence electrons. The number of aromatic hydroxyl groups is 12. The van der Waals surface area contributed by atoms with Gasteiger partial charge in [-0.15, -0.1) is 0 Å².